The van der Waals surface area contributed by atoms with E-state index < -0.39 is 0 Å². The van der Waals surface area contributed by atoms with Crippen LogP contribution >= 0.6 is 0 Å². The van der Waals surface area contributed by atoms with Crippen LogP contribution in [0.2, 0.25) is 0 Å². The van der Waals surface area contributed by atoms with E-state index >= 15 is 0 Å². The molecular formula is C14H22N2O2. The number of pyridine rings is 1. The molecule has 1 aromatic heterocycles. The second-order valence-electron chi connectivity index (χ2n) is 4.95. The normalized spacial score (nSPS) is 17.1. The molecule has 0 atom stereocenters. The summed E-state index contributed by atoms with van der Waals surface area (Å²) in [4.78, 5) is 4.17. The molecule has 100 valence electrons. The highest BCUT2D eigenvalue weighted by atomic mass is 16.5. The Hall–Kier alpha value is -1.13. The van der Waals surface area contributed by atoms with Crippen molar-refractivity contribution in [3.8, 4) is 5.75 Å². The zero-order valence-corrected chi connectivity index (χ0v) is 11.2. The summed E-state index contributed by atoms with van der Waals surface area (Å²) in [7, 11) is 0. The molecule has 4 heteroatoms. The summed E-state index contributed by atoms with van der Waals surface area (Å²) in [5, 5.41) is 3.39. The van der Waals surface area contributed by atoms with Crippen LogP contribution in [0, 0.1) is 0 Å². The fourth-order valence-corrected chi connectivity index (χ4v) is 1.95. The molecule has 1 saturated heterocycles. The molecule has 0 aliphatic carbocycles. The molecule has 2 rings (SSSR count). The van der Waals surface area contributed by atoms with Crippen LogP contribution in [0.1, 0.15) is 32.3 Å². The first kappa shape index (κ1) is 13.3. The van der Waals surface area contributed by atoms with Gasteiger partial charge in [-0.05, 0) is 6.07 Å². The maximum absolute atomic E-state index is 6.06. The van der Waals surface area contributed by atoms with Gasteiger partial charge in [-0.25, -0.2) is 0 Å². The van der Waals surface area contributed by atoms with Crippen LogP contribution in [0.15, 0.2) is 18.5 Å². The Morgan fingerprint density at radius 3 is 2.94 bits per heavy atom. The van der Waals surface area contributed by atoms with E-state index in [0.29, 0.717) is 6.04 Å². The molecule has 1 aromatic rings. The first-order valence-corrected chi connectivity index (χ1v) is 6.66. The Morgan fingerprint density at radius 1 is 1.44 bits per heavy atom. The minimum atomic E-state index is 0.277. The zero-order chi connectivity index (χ0) is 12.8. The standard InChI is InChI=1S/C14H22N2O2/c1-11(2)16-10-12-9-15-6-3-14(12)18-13-4-7-17-8-5-13/h3,6,9,11,13,16H,4-5,7-8,10H2,1-2H3. The molecule has 1 fully saturated rings. The monoisotopic (exact) mass is 250 g/mol. The fraction of sp³-hybridized carbons (Fsp3) is 0.643. The average molecular weight is 250 g/mol. The highest BCUT2D eigenvalue weighted by molar-refractivity contribution is 5.30. The summed E-state index contributed by atoms with van der Waals surface area (Å²) in [5.41, 5.74) is 1.12. The van der Waals surface area contributed by atoms with Gasteiger partial charge in [-0.1, -0.05) is 13.8 Å². The molecule has 0 unspecified atom stereocenters. The van der Waals surface area contributed by atoms with Gasteiger partial charge in [-0.15, -0.1) is 0 Å². The molecular weight excluding hydrogens is 228 g/mol. The van der Waals surface area contributed by atoms with E-state index in [2.05, 4.69) is 24.1 Å². The van der Waals surface area contributed by atoms with Crippen LogP contribution in [0.3, 0.4) is 0 Å². The average Bonchev–Trinajstić information content (AvgIpc) is 2.39. The predicted octanol–water partition coefficient (Wildman–Crippen LogP) is 2.14. The maximum Gasteiger partial charge on any atom is 0.127 e. The van der Waals surface area contributed by atoms with Gasteiger partial charge in [0.15, 0.2) is 0 Å². The fourth-order valence-electron chi connectivity index (χ4n) is 1.95. The number of hydrogen-bond acceptors (Lipinski definition) is 4. The van der Waals surface area contributed by atoms with Gasteiger partial charge in [-0.3, -0.25) is 4.98 Å². The number of rotatable bonds is 5. The van der Waals surface area contributed by atoms with Gasteiger partial charge in [0.25, 0.3) is 0 Å². The lowest BCUT2D eigenvalue weighted by atomic mass is 10.1. The number of ether oxygens (including phenoxy) is 2. The van der Waals surface area contributed by atoms with E-state index in [-0.39, 0.29) is 6.10 Å². The van der Waals surface area contributed by atoms with Crippen molar-refractivity contribution in [1.82, 2.24) is 10.3 Å². The van der Waals surface area contributed by atoms with Crippen molar-refractivity contribution < 1.29 is 9.47 Å². The highest BCUT2D eigenvalue weighted by Gasteiger charge is 2.16. The minimum Gasteiger partial charge on any atom is -0.490 e. The minimum absolute atomic E-state index is 0.277. The van der Waals surface area contributed by atoms with Crippen molar-refractivity contribution in [2.75, 3.05) is 13.2 Å². The van der Waals surface area contributed by atoms with Crippen LogP contribution in [-0.2, 0) is 11.3 Å². The molecule has 1 aliphatic rings. The molecule has 18 heavy (non-hydrogen) atoms. The first-order valence-electron chi connectivity index (χ1n) is 6.66. The summed E-state index contributed by atoms with van der Waals surface area (Å²) >= 11 is 0. The van der Waals surface area contributed by atoms with Gasteiger partial charge >= 0.3 is 0 Å². The van der Waals surface area contributed by atoms with E-state index in [9.17, 15) is 0 Å². The van der Waals surface area contributed by atoms with E-state index in [1.54, 1.807) is 6.20 Å². The third-order valence-corrected chi connectivity index (χ3v) is 3.02. The Labute approximate surface area is 109 Å². The van der Waals surface area contributed by atoms with Gasteiger partial charge in [0.05, 0.1) is 13.2 Å². The van der Waals surface area contributed by atoms with Crippen molar-refractivity contribution in [2.24, 2.45) is 0 Å². The van der Waals surface area contributed by atoms with Crippen molar-refractivity contribution in [1.29, 1.82) is 0 Å². The molecule has 0 spiro atoms. The van der Waals surface area contributed by atoms with E-state index in [1.165, 1.54) is 0 Å². The van der Waals surface area contributed by atoms with Gasteiger partial charge in [0, 0.05) is 43.4 Å². The Balaban J connectivity index is 1.97. The van der Waals surface area contributed by atoms with Crippen LogP contribution < -0.4 is 10.1 Å². The van der Waals surface area contributed by atoms with Crippen LogP contribution in [0.4, 0.5) is 0 Å². The van der Waals surface area contributed by atoms with Crippen molar-refractivity contribution in [3.63, 3.8) is 0 Å². The molecule has 2 heterocycles. The van der Waals surface area contributed by atoms with E-state index in [0.717, 1.165) is 43.9 Å². The SMILES string of the molecule is CC(C)NCc1cnccc1OC1CCOCC1. The van der Waals surface area contributed by atoms with Gasteiger partial charge in [-0.2, -0.15) is 0 Å². The van der Waals surface area contributed by atoms with Crippen LogP contribution in [0.5, 0.6) is 5.75 Å². The topological polar surface area (TPSA) is 43.4 Å². The zero-order valence-electron chi connectivity index (χ0n) is 11.2. The molecule has 0 radical (unpaired) electrons. The van der Waals surface area contributed by atoms with Crippen molar-refractivity contribution in [3.05, 3.63) is 24.0 Å². The summed E-state index contributed by atoms with van der Waals surface area (Å²) in [5.74, 6) is 0.949. The lowest BCUT2D eigenvalue weighted by Gasteiger charge is -2.24. The van der Waals surface area contributed by atoms with Crippen molar-refractivity contribution in [2.45, 2.75) is 45.4 Å². The van der Waals surface area contributed by atoms with E-state index in [1.807, 2.05) is 12.3 Å². The quantitative estimate of drug-likeness (QED) is 0.869. The summed E-state index contributed by atoms with van der Waals surface area (Å²) in [6.45, 7) is 6.67. The Morgan fingerprint density at radius 2 is 2.22 bits per heavy atom. The smallest absolute Gasteiger partial charge is 0.127 e. The molecule has 0 bridgehead atoms. The number of nitrogens with zero attached hydrogens (tertiary/aromatic N) is 1. The molecule has 0 aromatic carbocycles. The lowest BCUT2D eigenvalue weighted by molar-refractivity contribution is 0.0251. The second kappa shape index (κ2) is 6.71. The first-order chi connectivity index (χ1) is 8.75. The van der Waals surface area contributed by atoms with E-state index in [4.69, 9.17) is 9.47 Å². The molecule has 1 N–H and O–H groups in total. The van der Waals surface area contributed by atoms with Gasteiger partial charge < -0.3 is 14.8 Å². The highest BCUT2D eigenvalue weighted by Crippen LogP contribution is 2.21. The van der Waals surface area contributed by atoms with Gasteiger partial charge in [0.1, 0.15) is 11.9 Å². The maximum atomic E-state index is 6.06. The summed E-state index contributed by atoms with van der Waals surface area (Å²) < 4.78 is 11.4. The van der Waals surface area contributed by atoms with Crippen LogP contribution in [0.25, 0.3) is 0 Å². The molecule has 4 nitrogen and oxygen atoms in total. The van der Waals surface area contributed by atoms with Crippen LogP contribution in [-0.4, -0.2) is 30.3 Å². The number of aromatic nitrogens is 1. The second-order valence-corrected chi connectivity index (χ2v) is 4.95. The summed E-state index contributed by atoms with van der Waals surface area (Å²) in [6, 6.07) is 2.41. The lowest BCUT2D eigenvalue weighted by Crippen LogP contribution is -2.27. The number of hydrogen-bond donors (Lipinski definition) is 1. The predicted molar refractivity (Wildman–Crippen MR) is 70.7 cm³/mol. The molecule has 1 aliphatic heterocycles. The molecule has 0 saturated carbocycles. The third kappa shape index (κ3) is 3.96. The summed E-state index contributed by atoms with van der Waals surface area (Å²) in [6.07, 6.45) is 5.88. The van der Waals surface area contributed by atoms with Crippen molar-refractivity contribution >= 4 is 0 Å². The Kier molecular flexibility index (Phi) is 4.96. The number of nitrogens with one attached hydrogen (secondary N) is 1. The Bertz CT molecular complexity index is 363. The molecule has 0 amide bonds. The third-order valence-electron chi connectivity index (χ3n) is 3.02. The van der Waals surface area contributed by atoms with Gasteiger partial charge in [0.2, 0.25) is 0 Å². The largest absolute Gasteiger partial charge is 0.490 e.